The predicted molar refractivity (Wildman–Crippen MR) is 198 cm³/mol. The Labute approximate surface area is 330 Å². The minimum atomic E-state index is -5.10. The number of pyridine rings is 1. The van der Waals surface area contributed by atoms with Crippen molar-refractivity contribution in [2.45, 2.75) is 62.9 Å². The van der Waals surface area contributed by atoms with E-state index in [4.69, 9.17) is 17.3 Å². The average molecular weight is 853 g/mol. The third kappa shape index (κ3) is 7.77. The monoisotopic (exact) mass is 852 g/mol. The molecule has 0 spiro atoms. The van der Waals surface area contributed by atoms with Crippen molar-refractivity contribution in [1.82, 2.24) is 29.9 Å². The number of halogens is 8. The highest BCUT2D eigenvalue weighted by atomic mass is 35.5. The molecule has 7 rings (SSSR count). The molecule has 0 bridgehead atoms. The Kier molecular flexibility index (Phi) is 9.76. The lowest BCUT2D eigenvalue weighted by Crippen LogP contribution is -2.35. The molecular weight excluding hydrogens is 821 g/mol. The van der Waals surface area contributed by atoms with Crippen molar-refractivity contribution >= 4 is 49.9 Å². The molecule has 5 N–H and O–H groups in total. The lowest BCUT2D eigenvalue weighted by atomic mass is 9.93. The number of carbonyl (C=O) groups excluding carboxylic acids is 1. The summed E-state index contributed by atoms with van der Waals surface area (Å²) in [5.74, 6) is -4.18. The first-order valence-corrected chi connectivity index (χ1v) is 19.6. The summed E-state index contributed by atoms with van der Waals surface area (Å²) in [5, 5.41) is 20.8. The van der Waals surface area contributed by atoms with Crippen LogP contribution in [0.15, 0.2) is 36.4 Å². The first-order chi connectivity index (χ1) is 26.8. The molecule has 2 aliphatic carbocycles. The first-order valence-electron chi connectivity index (χ1n) is 17.3. The molecule has 5 aromatic rings. The van der Waals surface area contributed by atoms with Gasteiger partial charge in [-0.05, 0) is 68.4 Å². The highest BCUT2D eigenvalue weighted by molar-refractivity contribution is 7.92. The van der Waals surface area contributed by atoms with Gasteiger partial charge in [0.05, 0.1) is 39.6 Å². The van der Waals surface area contributed by atoms with E-state index in [1.165, 1.54) is 43.8 Å². The molecule has 2 aromatic carbocycles. The number of rotatable bonds is 9. The van der Waals surface area contributed by atoms with Gasteiger partial charge in [0.2, 0.25) is 15.9 Å². The van der Waals surface area contributed by atoms with Crippen molar-refractivity contribution in [1.29, 1.82) is 0 Å². The Bertz CT molecular complexity index is 2700. The fraction of sp³-hybridized carbons (Fsp3) is 0.351. The van der Waals surface area contributed by atoms with E-state index < -0.39 is 93.1 Å². The van der Waals surface area contributed by atoms with Gasteiger partial charge in [-0.1, -0.05) is 23.6 Å². The molecule has 1 unspecified atom stereocenters. The van der Waals surface area contributed by atoms with E-state index in [9.17, 15) is 40.3 Å². The maximum absolute atomic E-state index is 15.4. The fourth-order valence-corrected chi connectivity index (χ4v) is 8.06. The van der Waals surface area contributed by atoms with Crippen LogP contribution in [-0.2, 0) is 46.9 Å². The highest BCUT2D eigenvalue weighted by Crippen LogP contribution is 2.68. The Balaban J connectivity index is 1.41. The number of sulfonamides is 1. The molecule has 306 valence electrons. The van der Waals surface area contributed by atoms with E-state index in [1.54, 1.807) is 0 Å². The van der Waals surface area contributed by atoms with Gasteiger partial charge in [0.15, 0.2) is 11.5 Å². The van der Waals surface area contributed by atoms with Crippen LogP contribution in [0.25, 0.3) is 22.0 Å². The lowest BCUT2D eigenvalue weighted by Gasteiger charge is -2.24. The van der Waals surface area contributed by atoms with Crippen molar-refractivity contribution in [3.05, 3.63) is 87.0 Å². The SMILES string of the molecule is Cn1nc(NS(C)(=O)=O)c2c(Cl)ccc(-c3cc(N)c(C#CC(C)(C)O)nc3[C@H](Cc3cc(F)cc(F)c3)NC(=O)Cn3nc(C(F)(F)F)c4c3C(F)(F)[C@@H]3CC43)c21. The molecule has 12 nitrogen and oxygen atoms in total. The van der Waals surface area contributed by atoms with Crippen LogP contribution in [0.4, 0.5) is 42.2 Å². The number of carbonyl (C=O) groups is 1. The van der Waals surface area contributed by atoms with Gasteiger partial charge in [-0.3, -0.25) is 18.9 Å². The second-order valence-electron chi connectivity index (χ2n) is 14.8. The zero-order chi connectivity index (χ0) is 42.4. The topological polar surface area (TPSA) is 170 Å². The number of nitrogens with two attached hydrogens (primary N) is 1. The van der Waals surface area contributed by atoms with Gasteiger partial charge in [0, 0.05) is 35.7 Å². The van der Waals surface area contributed by atoms with E-state index >= 15 is 8.78 Å². The number of fused-ring (bicyclic) bond motifs is 4. The molecule has 0 aliphatic heterocycles. The zero-order valence-corrected chi connectivity index (χ0v) is 32.3. The van der Waals surface area contributed by atoms with Crippen LogP contribution in [0.5, 0.6) is 0 Å². The van der Waals surface area contributed by atoms with Gasteiger partial charge in [-0.25, -0.2) is 22.2 Å². The maximum atomic E-state index is 15.4. The maximum Gasteiger partial charge on any atom is 0.435 e. The smallest absolute Gasteiger partial charge is 0.396 e. The number of hydrogen-bond acceptors (Lipinski definition) is 8. The summed E-state index contributed by atoms with van der Waals surface area (Å²) in [7, 11) is -2.41. The molecule has 21 heteroatoms. The quantitative estimate of drug-likeness (QED) is 0.101. The van der Waals surface area contributed by atoms with Crippen molar-refractivity contribution < 1.29 is 49.1 Å². The lowest BCUT2D eigenvalue weighted by molar-refractivity contribution is -0.142. The normalized spacial score (nSPS) is 17.7. The molecule has 3 heterocycles. The predicted octanol–water partition coefficient (Wildman–Crippen LogP) is 6.17. The summed E-state index contributed by atoms with van der Waals surface area (Å²) in [6.45, 7) is 1.64. The fourth-order valence-electron chi connectivity index (χ4n) is 7.33. The van der Waals surface area contributed by atoms with Gasteiger partial charge >= 0.3 is 6.18 Å². The summed E-state index contributed by atoms with van der Waals surface area (Å²) >= 11 is 6.56. The number of nitrogens with one attached hydrogen (secondary N) is 2. The van der Waals surface area contributed by atoms with E-state index in [-0.39, 0.29) is 61.9 Å². The van der Waals surface area contributed by atoms with E-state index in [0.717, 1.165) is 18.4 Å². The van der Waals surface area contributed by atoms with Gasteiger partial charge < -0.3 is 16.2 Å². The Hall–Kier alpha value is -5.39. The molecule has 3 aromatic heterocycles. The Morgan fingerprint density at radius 2 is 1.79 bits per heavy atom. The van der Waals surface area contributed by atoms with Crippen molar-refractivity contribution in [2.24, 2.45) is 13.0 Å². The summed E-state index contributed by atoms with van der Waals surface area (Å²) in [4.78, 5) is 18.6. The number of nitrogen functional groups attached to an aromatic ring is 1. The molecule has 58 heavy (non-hydrogen) atoms. The number of aliphatic hydroxyl groups is 1. The molecular formula is C37H32ClF7N8O4S. The summed E-state index contributed by atoms with van der Waals surface area (Å²) in [5.41, 5.74) is 1.89. The number of anilines is 2. The van der Waals surface area contributed by atoms with Crippen molar-refractivity contribution in [2.75, 3.05) is 16.7 Å². The molecule has 1 saturated carbocycles. The highest BCUT2D eigenvalue weighted by Gasteiger charge is 2.68. The van der Waals surface area contributed by atoms with E-state index in [1.807, 2.05) is 0 Å². The molecule has 0 radical (unpaired) electrons. The number of amides is 1. The average Bonchev–Trinajstić information content (AvgIpc) is 3.61. The van der Waals surface area contributed by atoms with Crippen LogP contribution >= 0.6 is 11.6 Å². The van der Waals surface area contributed by atoms with Crippen LogP contribution in [0.1, 0.15) is 66.1 Å². The Morgan fingerprint density at radius 1 is 1.12 bits per heavy atom. The molecule has 0 saturated heterocycles. The molecule has 1 fully saturated rings. The third-order valence-corrected chi connectivity index (χ3v) is 10.5. The van der Waals surface area contributed by atoms with Crippen LogP contribution in [0, 0.1) is 29.4 Å². The number of alkyl halides is 5. The van der Waals surface area contributed by atoms with E-state index in [0.29, 0.717) is 10.7 Å². The van der Waals surface area contributed by atoms with Crippen LogP contribution in [-0.4, -0.2) is 55.8 Å². The minimum absolute atomic E-state index is 0.0381. The van der Waals surface area contributed by atoms with Crippen molar-refractivity contribution in [3.8, 4) is 23.0 Å². The van der Waals surface area contributed by atoms with Crippen molar-refractivity contribution in [3.63, 3.8) is 0 Å². The largest absolute Gasteiger partial charge is 0.435 e. The number of aryl methyl sites for hydroxylation is 1. The Morgan fingerprint density at radius 3 is 2.41 bits per heavy atom. The molecule has 2 aliphatic rings. The second-order valence-corrected chi connectivity index (χ2v) is 16.9. The van der Waals surface area contributed by atoms with Crippen LogP contribution in [0.3, 0.4) is 0 Å². The molecule has 3 atom stereocenters. The number of benzene rings is 2. The summed E-state index contributed by atoms with van der Waals surface area (Å²) in [6.07, 6.45) is -4.82. The zero-order valence-electron chi connectivity index (χ0n) is 30.7. The summed E-state index contributed by atoms with van der Waals surface area (Å²) < 4.78 is 131. The third-order valence-electron chi connectivity index (χ3n) is 9.60. The van der Waals surface area contributed by atoms with Crippen LogP contribution < -0.4 is 15.8 Å². The standard InChI is InChI=1S/C37H32ClF7N8O4S/c1-35(2,55)8-7-25-24(46)14-20(19-5-6-23(38)29-31(19)52(3)50-34(29)51-58(4,56)57)30(48-25)26(11-16-9-17(39)12-18(40)10-16)47-27(54)15-53-33-28(32(49-53)37(43,44)45)21-13-22(21)36(33,41)42/h5-6,9-10,12,14,21-22,26,55H,11,13,15,46H2,1-4H3,(H,47,54)(H,50,51)/t21?,22-,26+/m1/s1. The minimum Gasteiger partial charge on any atom is -0.396 e. The van der Waals surface area contributed by atoms with Gasteiger partial charge in [-0.15, -0.1) is 0 Å². The van der Waals surface area contributed by atoms with Gasteiger partial charge in [0.25, 0.3) is 5.92 Å². The van der Waals surface area contributed by atoms with Gasteiger partial charge in [0.1, 0.15) is 35.2 Å². The molecule has 1 amide bonds. The number of aromatic nitrogens is 5. The van der Waals surface area contributed by atoms with Crippen LogP contribution in [0.2, 0.25) is 5.02 Å². The number of nitrogens with zero attached hydrogens (tertiary/aromatic N) is 5. The van der Waals surface area contributed by atoms with E-state index in [2.05, 4.69) is 37.1 Å². The van der Waals surface area contributed by atoms with Gasteiger partial charge in [-0.2, -0.15) is 32.1 Å². The summed E-state index contributed by atoms with van der Waals surface area (Å²) in [6, 6.07) is 5.35. The first kappa shape index (κ1) is 40.8. The second kappa shape index (κ2) is 13.9. The number of hydrogen-bond donors (Lipinski definition) is 4.